The number of nitrogens with one attached hydrogen (secondary N) is 1. The van der Waals surface area contributed by atoms with Crippen LogP contribution in [0.5, 0.6) is 0 Å². The van der Waals surface area contributed by atoms with Gasteiger partial charge in [-0.25, -0.2) is 9.97 Å². The van der Waals surface area contributed by atoms with Gasteiger partial charge in [-0.15, -0.1) is 11.3 Å². The van der Waals surface area contributed by atoms with E-state index < -0.39 is 0 Å². The van der Waals surface area contributed by atoms with E-state index in [9.17, 15) is 0 Å². The molecule has 0 bridgehead atoms. The van der Waals surface area contributed by atoms with Gasteiger partial charge in [-0.05, 0) is 31.7 Å². The van der Waals surface area contributed by atoms with Gasteiger partial charge in [0.2, 0.25) is 5.95 Å². The van der Waals surface area contributed by atoms with Gasteiger partial charge in [0.25, 0.3) is 0 Å². The summed E-state index contributed by atoms with van der Waals surface area (Å²) in [4.78, 5) is 13.9. The van der Waals surface area contributed by atoms with Crippen molar-refractivity contribution in [2.45, 2.75) is 25.7 Å². The Hall–Kier alpha value is -1.69. The molecule has 0 amide bonds. The van der Waals surface area contributed by atoms with Crippen LogP contribution >= 0.6 is 11.3 Å². The summed E-state index contributed by atoms with van der Waals surface area (Å²) in [5.74, 6) is 0.972. The number of aromatic nitrogens is 3. The molecule has 2 aromatic rings. The fraction of sp³-hybridized carbons (Fsp3) is 0.364. The van der Waals surface area contributed by atoms with E-state index in [1.807, 2.05) is 0 Å². The highest BCUT2D eigenvalue weighted by Crippen LogP contribution is 2.30. The molecule has 3 rings (SSSR count). The Labute approximate surface area is 103 Å². The topological polar surface area (TPSA) is 76.7 Å². The summed E-state index contributed by atoms with van der Waals surface area (Å²) in [5.41, 5.74) is 6.77. The van der Waals surface area contributed by atoms with Crippen molar-refractivity contribution in [3.63, 3.8) is 0 Å². The molecule has 88 valence electrons. The summed E-state index contributed by atoms with van der Waals surface area (Å²) in [6, 6.07) is 1.79. The molecule has 0 unspecified atom stereocenters. The largest absolute Gasteiger partial charge is 0.368 e. The minimum absolute atomic E-state index is 0.274. The van der Waals surface area contributed by atoms with Crippen molar-refractivity contribution in [1.29, 1.82) is 0 Å². The number of anilines is 3. The number of nitrogens with two attached hydrogens (primary N) is 1. The zero-order valence-electron chi connectivity index (χ0n) is 9.31. The van der Waals surface area contributed by atoms with Crippen molar-refractivity contribution >= 4 is 28.2 Å². The summed E-state index contributed by atoms with van der Waals surface area (Å²) >= 11 is 1.71. The standard InChI is InChI=1S/C11H13N5S/c12-10-13-6-5-9(15-10)16-11-14-7-3-1-2-4-8(7)17-11/h5-6H,1-4H2,(H3,12,13,14,15,16). The van der Waals surface area contributed by atoms with Crippen molar-refractivity contribution in [1.82, 2.24) is 15.0 Å². The summed E-state index contributed by atoms with van der Waals surface area (Å²) in [6.45, 7) is 0. The first-order chi connectivity index (χ1) is 8.31. The lowest BCUT2D eigenvalue weighted by molar-refractivity contribution is 0.683. The van der Waals surface area contributed by atoms with Crippen LogP contribution in [0, 0.1) is 0 Å². The molecular formula is C11H13N5S. The first kappa shape index (κ1) is 10.5. The Balaban J connectivity index is 1.83. The zero-order valence-corrected chi connectivity index (χ0v) is 10.1. The van der Waals surface area contributed by atoms with Gasteiger partial charge >= 0.3 is 0 Å². The monoisotopic (exact) mass is 247 g/mol. The summed E-state index contributed by atoms with van der Waals surface area (Å²) < 4.78 is 0. The fourth-order valence-electron chi connectivity index (χ4n) is 1.96. The average Bonchev–Trinajstić information content (AvgIpc) is 2.71. The number of nitrogens with zero attached hydrogens (tertiary/aromatic N) is 3. The Kier molecular flexibility index (Phi) is 2.64. The summed E-state index contributed by atoms with van der Waals surface area (Å²) in [7, 11) is 0. The van der Waals surface area contributed by atoms with E-state index >= 15 is 0 Å². The van der Waals surface area contributed by atoms with E-state index in [1.165, 1.54) is 23.4 Å². The first-order valence-corrected chi connectivity index (χ1v) is 6.47. The second-order valence-corrected chi connectivity index (χ2v) is 5.10. The van der Waals surface area contributed by atoms with Crippen molar-refractivity contribution in [3.05, 3.63) is 22.8 Å². The third-order valence-electron chi connectivity index (χ3n) is 2.75. The molecule has 0 atom stereocenters. The third kappa shape index (κ3) is 2.21. The van der Waals surface area contributed by atoms with Crippen LogP contribution in [0.15, 0.2) is 12.3 Å². The molecule has 0 fully saturated rings. The molecular weight excluding hydrogens is 234 g/mol. The van der Waals surface area contributed by atoms with Crippen LogP contribution in [0.2, 0.25) is 0 Å². The van der Waals surface area contributed by atoms with Gasteiger partial charge in [-0.1, -0.05) is 0 Å². The number of thiazole rings is 1. The zero-order chi connectivity index (χ0) is 11.7. The predicted molar refractivity (Wildman–Crippen MR) is 68.5 cm³/mol. The SMILES string of the molecule is Nc1nccc(Nc2nc3c(s2)CCCC3)n1. The van der Waals surface area contributed by atoms with E-state index in [2.05, 4.69) is 20.3 Å². The first-order valence-electron chi connectivity index (χ1n) is 5.65. The van der Waals surface area contributed by atoms with Crippen molar-refractivity contribution < 1.29 is 0 Å². The minimum atomic E-state index is 0.274. The lowest BCUT2D eigenvalue weighted by Crippen LogP contribution is -2.00. The smallest absolute Gasteiger partial charge is 0.221 e. The van der Waals surface area contributed by atoms with E-state index in [0.29, 0.717) is 5.82 Å². The molecule has 3 N–H and O–H groups in total. The normalized spacial score (nSPS) is 14.4. The van der Waals surface area contributed by atoms with Gasteiger partial charge in [0.15, 0.2) is 5.13 Å². The second-order valence-electron chi connectivity index (χ2n) is 4.02. The van der Waals surface area contributed by atoms with E-state index in [0.717, 1.165) is 18.0 Å². The van der Waals surface area contributed by atoms with Gasteiger partial charge in [0.05, 0.1) is 5.69 Å². The van der Waals surface area contributed by atoms with Gasteiger partial charge in [0, 0.05) is 11.1 Å². The molecule has 1 aliphatic carbocycles. The molecule has 6 heteroatoms. The van der Waals surface area contributed by atoms with Gasteiger partial charge in [-0.2, -0.15) is 4.98 Å². The average molecular weight is 247 g/mol. The molecule has 0 radical (unpaired) electrons. The lowest BCUT2D eigenvalue weighted by Gasteiger charge is -2.06. The Morgan fingerprint density at radius 3 is 2.94 bits per heavy atom. The van der Waals surface area contributed by atoms with Crippen LogP contribution in [0.3, 0.4) is 0 Å². The molecule has 1 aliphatic rings. The third-order valence-corrected chi connectivity index (χ3v) is 3.83. The van der Waals surface area contributed by atoms with E-state index in [4.69, 9.17) is 5.73 Å². The van der Waals surface area contributed by atoms with Crippen LogP contribution in [0.25, 0.3) is 0 Å². The number of fused-ring (bicyclic) bond motifs is 1. The van der Waals surface area contributed by atoms with Crippen LogP contribution in [-0.4, -0.2) is 15.0 Å². The van der Waals surface area contributed by atoms with Crippen molar-refractivity contribution in [3.8, 4) is 0 Å². The highest BCUT2D eigenvalue weighted by molar-refractivity contribution is 7.15. The van der Waals surface area contributed by atoms with Crippen molar-refractivity contribution in [2.75, 3.05) is 11.1 Å². The van der Waals surface area contributed by atoms with Crippen molar-refractivity contribution in [2.24, 2.45) is 0 Å². The molecule has 0 spiro atoms. The van der Waals surface area contributed by atoms with E-state index in [1.54, 1.807) is 23.6 Å². The van der Waals surface area contributed by atoms with Crippen LogP contribution in [0.4, 0.5) is 16.9 Å². The maximum absolute atomic E-state index is 5.53. The van der Waals surface area contributed by atoms with Crippen LogP contribution < -0.4 is 11.1 Å². The summed E-state index contributed by atoms with van der Waals surface area (Å²) in [5, 5.41) is 4.08. The maximum atomic E-state index is 5.53. The van der Waals surface area contributed by atoms with Gasteiger partial charge in [0.1, 0.15) is 5.82 Å². The number of hydrogen-bond acceptors (Lipinski definition) is 6. The summed E-state index contributed by atoms with van der Waals surface area (Å²) in [6.07, 6.45) is 6.41. The Morgan fingerprint density at radius 2 is 2.12 bits per heavy atom. The minimum Gasteiger partial charge on any atom is -0.368 e. The fourth-order valence-corrected chi connectivity index (χ4v) is 3.02. The molecule has 0 saturated heterocycles. The molecule has 2 heterocycles. The second kappa shape index (κ2) is 4.29. The van der Waals surface area contributed by atoms with E-state index in [-0.39, 0.29) is 5.95 Å². The Bertz CT molecular complexity index is 513. The molecule has 17 heavy (non-hydrogen) atoms. The quantitative estimate of drug-likeness (QED) is 0.850. The Morgan fingerprint density at radius 1 is 1.24 bits per heavy atom. The van der Waals surface area contributed by atoms with Crippen LogP contribution in [0.1, 0.15) is 23.4 Å². The number of aryl methyl sites for hydroxylation is 2. The molecule has 5 nitrogen and oxygen atoms in total. The van der Waals surface area contributed by atoms with Crippen LogP contribution in [-0.2, 0) is 12.8 Å². The number of rotatable bonds is 2. The highest BCUT2D eigenvalue weighted by atomic mass is 32.1. The molecule has 0 saturated carbocycles. The number of nitrogen functional groups attached to an aromatic ring is 1. The molecule has 0 aromatic carbocycles. The molecule has 0 aliphatic heterocycles. The van der Waals surface area contributed by atoms with Gasteiger partial charge < -0.3 is 11.1 Å². The lowest BCUT2D eigenvalue weighted by atomic mass is 10.0. The number of hydrogen-bond donors (Lipinski definition) is 2. The maximum Gasteiger partial charge on any atom is 0.221 e. The highest BCUT2D eigenvalue weighted by Gasteiger charge is 2.15. The predicted octanol–water partition coefficient (Wildman–Crippen LogP) is 2.14. The van der Waals surface area contributed by atoms with Gasteiger partial charge in [-0.3, -0.25) is 0 Å². The molecule has 2 aromatic heterocycles.